The summed E-state index contributed by atoms with van der Waals surface area (Å²) in [7, 11) is 0. The van der Waals surface area contributed by atoms with E-state index in [1.165, 1.54) is 5.56 Å². The summed E-state index contributed by atoms with van der Waals surface area (Å²) in [6.45, 7) is 8.45. The van der Waals surface area contributed by atoms with Crippen molar-refractivity contribution in [1.82, 2.24) is 19.4 Å². The fraction of sp³-hybridized carbons (Fsp3) is 0.474. The number of aromatic nitrogens is 2. The molecule has 1 amide bonds. The zero-order valence-electron chi connectivity index (χ0n) is 15.0. The Bertz CT molecular complexity index is 770. The van der Waals surface area contributed by atoms with Gasteiger partial charge in [0.1, 0.15) is 0 Å². The van der Waals surface area contributed by atoms with Gasteiger partial charge in [-0.3, -0.25) is 14.3 Å². The molecule has 0 saturated carbocycles. The summed E-state index contributed by atoms with van der Waals surface area (Å²) in [4.78, 5) is 31.4. The van der Waals surface area contributed by atoms with Crippen LogP contribution in [0.5, 0.6) is 0 Å². The highest BCUT2D eigenvalue weighted by Crippen LogP contribution is 2.10. The molecule has 6 nitrogen and oxygen atoms in total. The maximum Gasteiger partial charge on any atom is 0.325 e. The number of carbonyl (C=O) groups excluding carboxylic acids is 1. The van der Waals surface area contributed by atoms with Crippen LogP contribution in [0.1, 0.15) is 23.4 Å². The molecule has 3 rings (SSSR count). The van der Waals surface area contributed by atoms with E-state index in [-0.39, 0.29) is 11.6 Å². The van der Waals surface area contributed by atoms with Gasteiger partial charge in [0, 0.05) is 57.1 Å². The third-order valence-electron chi connectivity index (χ3n) is 5.01. The number of benzene rings is 1. The number of aryl methyl sites for hydroxylation is 1. The fourth-order valence-corrected chi connectivity index (χ4v) is 3.30. The van der Waals surface area contributed by atoms with Crippen LogP contribution in [0.2, 0.25) is 0 Å². The van der Waals surface area contributed by atoms with Gasteiger partial charge in [-0.2, -0.15) is 0 Å². The van der Waals surface area contributed by atoms with Gasteiger partial charge in [-0.1, -0.05) is 30.3 Å². The molecule has 25 heavy (non-hydrogen) atoms. The zero-order chi connectivity index (χ0) is 17.8. The molecule has 1 aromatic heterocycles. The van der Waals surface area contributed by atoms with Crippen LogP contribution in [-0.2, 0) is 17.9 Å². The van der Waals surface area contributed by atoms with Crippen molar-refractivity contribution in [1.29, 1.82) is 0 Å². The lowest BCUT2D eigenvalue weighted by Crippen LogP contribution is -2.48. The summed E-state index contributed by atoms with van der Waals surface area (Å²) in [5.41, 5.74) is 2.95. The first-order chi connectivity index (χ1) is 12.0. The number of nitrogens with zero attached hydrogens (tertiary/aromatic N) is 3. The predicted octanol–water partition coefficient (Wildman–Crippen LogP) is 1.53. The van der Waals surface area contributed by atoms with Crippen molar-refractivity contribution >= 4 is 5.91 Å². The van der Waals surface area contributed by atoms with Crippen LogP contribution in [0, 0.1) is 13.8 Å². The zero-order valence-corrected chi connectivity index (χ0v) is 15.0. The normalized spacial score (nSPS) is 15.5. The second kappa shape index (κ2) is 7.70. The Hall–Kier alpha value is -2.34. The average Bonchev–Trinajstić information content (AvgIpc) is 2.86. The molecule has 1 aliphatic rings. The Morgan fingerprint density at radius 3 is 2.36 bits per heavy atom. The number of carbonyl (C=O) groups is 1. The van der Waals surface area contributed by atoms with Crippen molar-refractivity contribution in [2.75, 3.05) is 26.2 Å². The van der Waals surface area contributed by atoms with Gasteiger partial charge in [-0.15, -0.1) is 0 Å². The van der Waals surface area contributed by atoms with E-state index < -0.39 is 0 Å². The molecule has 2 heterocycles. The van der Waals surface area contributed by atoms with E-state index in [4.69, 9.17) is 0 Å². The Balaban J connectivity index is 1.47. The van der Waals surface area contributed by atoms with E-state index in [0.717, 1.165) is 44.1 Å². The van der Waals surface area contributed by atoms with Crippen LogP contribution in [-0.4, -0.2) is 51.4 Å². The minimum atomic E-state index is -0.129. The lowest BCUT2D eigenvalue weighted by Gasteiger charge is -2.34. The summed E-state index contributed by atoms with van der Waals surface area (Å²) in [5.74, 6) is 0.129. The molecule has 1 fully saturated rings. The molecule has 6 heteroatoms. The van der Waals surface area contributed by atoms with Gasteiger partial charge in [0.15, 0.2) is 0 Å². The molecule has 1 aromatic carbocycles. The number of aromatic amines is 1. The molecule has 0 bridgehead atoms. The molecular formula is C19H26N4O2. The molecule has 0 unspecified atom stereocenters. The summed E-state index contributed by atoms with van der Waals surface area (Å²) >= 11 is 0. The van der Waals surface area contributed by atoms with Gasteiger partial charge >= 0.3 is 5.69 Å². The van der Waals surface area contributed by atoms with E-state index in [1.54, 1.807) is 4.57 Å². The van der Waals surface area contributed by atoms with E-state index in [2.05, 4.69) is 34.1 Å². The van der Waals surface area contributed by atoms with Crippen molar-refractivity contribution in [2.24, 2.45) is 0 Å². The van der Waals surface area contributed by atoms with Crippen LogP contribution in [0.4, 0.5) is 0 Å². The summed E-state index contributed by atoms with van der Waals surface area (Å²) in [5, 5.41) is 0. The molecule has 0 spiro atoms. The molecular weight excluding hydrogens is 316 g/mol. The molecule has 134 valence electrons. The smallest absolute Gasteiger partial charge is 0.325 e. The highest BCUT2D eigenvalue weighted by molar-refractivity contribution is 5.76. The molecule has 1 N–H and O–H groups in total. The van der Waals surface area contributed by atoms with Gasteiger partial charge < -0.3 is 9.88 Å². The second-order valence-electron chi connectivity index (χ2n) is 6.68. The third-order valence-corrected chi connectivity index (χ3v) is 5.01. The first-order valence-electron chi connectivity index (χ1n) is 8.84. The monoisotopic (exact) mass is 342 g/mol. The average molecular weight is 342 g/mol. The number of imidazole rings is 1. The fourth-order valence-electron chi connectivity index (χ4n) is 3.30. The van der Waals surface area contributed by atoms with Gasteiger partial charge in [0.2, 0.25) is 5.91 Å². The first kappa shape index (κ1) is 17.5. The minimum absolute atomic E-state index is 0.129. The quantitative estimate of drug-likeness (QED) is 0.896. The van der Waals surface area contributed by atoms with Crippen molar-refractivity contribution < 1.29 is 4.79 Å². The van der Waals surface area contributed by atoms with E-state index in [0.29, 0.717) is 13.0 Å². The number of rotatable bonds is 5. The predicted molar refractivity (Wildman–Crippen MR) is 97.4 cm³/mol. The van der Waals surface area contributed by atoms with Crippen LogP contribution >= 0.6 is 0 Å². The molecule has 0 radical (unpaired) electrons. The molecule has 2 aromatic rings. The highest BCUT2D eigenvalue weighted by atomic mass is 16.2. The molecule has 1 aliphatic heterocycles. The highest BCUT2D eigenvalue weighted by Gasteiger charge is 2.21. The van der Waals surface area contributed by atoms with Crippen molar-refractivity contribution in [3.63, 3.8) is 0 Å². The lowest BCUT2D eigenvalue weighted by molar-refractivity contribution is -0.133. The van der Waals surface area contributed by atoms with E-state index >= 15 is 0 Å². The van der Waals surface area contributed by atoms with E-state index in [9.17, 15) is 9.59 Å². The number of H-pyrrole nitrogens is 1. The van der Waals surface area contributed by atoms with E-state index in [1.807, 2.05) is 24.8 Å². The Morgan fingerprint density at radius 1 is 1.08 bits per heavy atom. The van der Waals surface area contributed by atoms with Gasteiger partial charge in [-0.05, 0) is 19.4 Å². The van der Waals surface area contributed by atoms with Crippen molar-refractivity contribution in [2.45, 2.75) is 33.4 Å². The SMILES string of the molecule is Cc1[nH]c(=O)n(CCC(=O)N2CCN(Cc3ccccc3)CC2)c1C. The maximum absolute atomic E-state index is 12.4. The summed E-state index contributed by atoms with van der Waals surface area (Å²) in [6, 6.07) is 10.4. The van der Waals surface area contributed by atoms with Crippen molar-refractivity contribution in [3.8, 4) is 0 Å². The van der Waals surface area contributed by atoms with Gasteiger partial charge in [-0.25, -0.2) is 4.79 Å². The third kappa shape index (κ3) is 4.20. The number of nitrogens with one attached hydrogen (secondary N) is 1. The number of hydrogen-bond donors (Lipinski definition) is 1. The van der Waals surface area contributed by atoms with Crippen molar-refractivity contribution in [3.05, 3.63) is 57.8 Å². The van der Waals surface area contributed by atoms with Gasteiger partial charge in [0.05, 0.1) is 0 Å². The summed E-state index contributed by atoms with van der Waals surface area (Å²) < 4.78 is 1.65. The Morgan fingerprint density at radius 2 is 1.76 bits per heavy atom. The number of hydrogen-bond acceptors (Lipinski definition) is 3. The van der Waals surface area contributed by atoms with Crippen LogP contribution in [0.3, 0.4) is 0 Å². The standard InChI is InChI=1S/C19H26N4O2/c1-15-16(2)23(19(25)20-15)9-8-18(24)22-12-10-21(11-13-22)14-17-6-4-3-5-7-17/h3-7H,8-14H2,1-2H3,(H,20,25). The lowest BCUT2D eigenvalue weighted by atomic mass is 10.2. The molecule has 1 saturated heterocycles. The molecule has 0 atom stereocenters. The Labute approximate surface area is 148 Å². The Kier molecular flexibility index (Phi) is 5.38. The maximum atomic E-state index is 12.4. The van der Waals surface area contributed by atoms with Crippen LogP contribution in [0.15, 0.2) is 35.1 Å². The van der Waals surface area contributed by atoms with Crippen LogP contribution < -0.4 is 5.69 Å². The minimum Gasteiger partial charge on any atom is -0.340 e. The molecule has 0 aliphatic carbocycles. The van der Waals surface area contributed by atoms with Crippen LogP contribution in [0.25, 0.3) is 0 Å². The number of amides is 1. The topological polar surface area (TPSA) is 61.3 Å². The second-order valence-corrected chi connectivity index (χ2v) is 6.68. The van der Waals surface area contributed by atoms with Gasteiger partial charge in [0.25, 0.3) is 0 Å². The first-order valence-corrected chi connectivity index (χ1v) is 8.84. The summed E-state index contributed by atoms with van der Waals surface area (Å²) in [6.07, 6.45) is 0.372. The number of piperazine rings is 1. The largest absolute Gasteiger partial charge is 0.340 e.